The van der Waals surface area contributed by atoms with Gasteiger partial charge in [-0.15, -0.1) is 0 Å². The highest BCUT2D eigenvalue weighted by Crippen LogP contribution is 2.59. The molecule has 0 aromatic carbocycles. The summed E-state index contributed by atoms with van der Waals surface area (Å²) in [5.41, 5.74) is 1.43. The summed E-state index contributed by atoms with van der Waals surface area (Å²) < 4.78 is 0. The fraction of sp³-hybridized carbons (Fsp3) is 0.708. The van der Waals surface area contributed by atoms with E-state index in [2.05, 4.69) is 26.7 Å². The number of amides is 2. The maximum atomic E-state index is 13.1. The van der Waals surface area contributed by atoms with E-state index >= 15 is 0 Å². The molecule has 0 spiro atoms. The molecular weight excluding hydrogens is 422 g/mol. The van der Waals surface area contributed by atoms with Crippen molar-refractivity contribution in [2.45, 2.75) is 75.8 Å². The molecule has 8 rings (SSSR count). The Kier molecular flexibility index (Phi) is 5.97. The van der Waals surface area contributed by atoms with E-state index < -0.39 is 6.16 Å². The smallest absolute Gasteiger partial charge is 0.450 e. The van der Waals surface area contributed by atoms with Gasteiger partial charge in [0.2, 0.25) is 0 Å². The van der Waals surface area contributed by atoms with E-state index in [1.54, 1.807) is 5.01 Å². The van der Waals surface area contributed by atoms with Gasteiger partial charge in [0.15, 0.2) is 0 Å². The molecule has 2 amide bonds. The number of urea groups is 1. The van der Waals surface area contributed by atoms with Gasteiger partial charge in [-0.05, 0) is 93.1 Å². The lowest BCUT2D eigenvalue weighted by atomic mass is 9.49. The van der Waals surface area contributed by atoms with Gasteiger partial charge in [-0.2, -0.15) is 10.1 Å². The number of nitrogens with zero attached hydrogens (tertiary/aromatic N) is 4. The van der Waals surface area contributed by atoms with Crippen molar-refractivity contribution in [1.82, 2.24) is 15.3 Å². The number of carbonyl (C=O) groups excluding carboxylic acids is 1. The molecular formula is C24H33N5O4. The highest BCUT2D eigenvalue weighted by atomic mass is 16.6. The average Bonchev–Trinajstić information content (AvgIpc) is 3.09. The van der Waals surface area contributed by atoms with Crippen LogP contribution in [0, 0.1) is 23.2 Å². The molecule has 1 aromatic heterocycles. The molecule has 0 saturated heterocycles. The van der Waals surface area contributed by atoms with Gasteiger partial charge in [0.05, 0.1) is 12.1 Å². The summed E-state index contributed by atoms with van der Waals surface area (Å²) >= 11 is 0. The number of carboxylic acid groups (broad SMARTS) is 2. The van der Waals surface area contributed by atoms with E-state index in [4.69, 9.17) is 15.0 Å². The molecule has 9 heteroatoms. The van der Waals surface area contributed by atoms with Crippen molar-refractivity contribution in [1.29, 1.82) is 0 Å². The van der Waals surface area contributed by atoms with Gasteiger partial charge >= 0.3 is 12.2 Å². The number of fused-ring (bicyclic) bond motifs is 3. The summed E-state index contributed by atoms with van der Waals surface area (Å²) in [5, 5.41) is 27.9. The van der Waals surface area contributed by atoms with Crippen molar-refractivity contribution in [2.75, 3.05) is 6.54 Å². The fourth-order valence-corrected chi connectivity index (χ4v) is 7.66. The first-order chi connectivity index (χ1) is 15.9. The van der Waals surface area contributed by atoms with E-state index in [9.17, 15) is 4.79 Å². The fourth-order valence-electron chi connectivity index (χ4n) is 7.66. The second-order valence-electron chi connectivity index (χ2n) is 10.8. The first-order valence-electron chi connectivity index (χ1n) is 12.2. The first-order valence-corrected chi connectivity index (χ1v) is 12.2. The number of aromatic nitrogens is 1. The third kappa shape index (κ3) is 4.68. The van der Waals surface area contributed by atoms with Crippen LogP contribution in [0.15, 0.2) is 34.7 Å². The van der Waals surface area contributed by atoms with Crippen LogP contribution in [0.3, 0.4) is 0 Å². The van der Waals surface area contributed by atoms with Crippen molar-refractivity contribution in [3.05, 3.63) is 30.1 Å². The predicted molar refractivity (Wildman–Crippen MR) is 120 cm³/mol. The van der Waals surface area contributed by atoms with Gasteiger partial charge in [0, 0.05) is 24.4 Å². The van der Waals surface area contributed by atoms with Gasteiger partial charge in [0.1, 0.15) is 0 Å². The zero-order valence-electron chi connectivity index (χ0n) is 18.8. The SMILES string of the molecule is O=C(NCC12CC3CC(CC(C3)C1)C2)N1N=N[C@H]2CCC1C[C@H]2c1ccccn1.O=C(O)O. The molecule has 1 unspecified atom stereocenters. The Morgan fingerprint density at radius 2 is 1.70 bits per heavy atom. The Morgan fingerprint density at radius 3 is 2.30 bits per heavy atom. The van der Waals surface area contributed by atoms with E-state index in [-0.39, 0.29) is 24.0 Å². The topological polar surface area (TPSA) is 127 Å². The summed E-state index contributed by atoms with van der Waals surface area (Å²) in [5.74, 6) is 2.99. The number of pyridine rings is 1. The minimum absolute atomic E-state index is 0.0446. The van der Waals surface area contributed by atoms with Crippen LogP contribution in [0.5, 0.6) is 0 Å². The Labute approximate surface area is 193 Å². The molecule has 2 aliphatic heterocycles. The minimum Gasteiger partial charge on any atom is -0.450 e. The van der Waals surface area contributed by atoms with E-state index in [1.165, 1.54) is 38.5 Å². The molecule has 9 nitrogen and oxygen atoms in total. The minimum atomic E-state index is -1.83. The third-order valence-electron chi connectivity index (χ3n) is 8.48. The van der Waals surface area contributed by atoms with Crippen LogP contribution < -0.4 is 5.32 Å². The van der Waals surface area contributed by atoms with Gasteiger partial charge in [-0.3, -0.25) is 4.98 Å². The van der Waals surface area contributed by atoms with Gasteiger partial charge in [-0.25, -0.2) is 9.59 Å². The van der Waals surface area contributed by atoms with Crippen LogP contribution in [0.25, 0.3) is 0 Å². The number of carbonyl (C=O) groups is 2. The van der Waals surface area contributed by atoms with Crippen LogP contribution in [0.4, 0.5) is 9.59 Å². The first kappa shape index (κ1) is 22.1. The molecule has 5 aliphatic carbocycles. The van der Waals surface area contributed by atoms with Crippen molar-refractivity contribution < 1.29 is 19.8 Å². The van der Waals surface area contributed by atoms with E-state index in [0.717, 1.165) is 49.3 Å². The molecule has 3 atom stereocenters. The largest absolute Gasteiger partial charge is 0.503 e. The van der Waals surface area contributed by atoms with Crippen molar-refractivity contribution in [3.63, 3.8) is 0 Å². The summed E-state index contributed by atoms with van der Waals surface area (Å²) in [6, 6.07) is 6.29. The maximum absolute atomic E-state index is 13.1. The van der Waals surface area contributed by atoms with Crippen LogP contribution in [0.2, 0.25) is 0 Å². The van der Waals surface area contributed by atoms with Gasteiger partial charge in [-0.1, -0.05) is 11.3 Å². The summed E-state index contributed by atoms with van der Waals surface area (Å²) in [6.45, 7) is 0.821. The van der Waals surface area contributed by atoms with Gasteiger partial charge < -0.3 is 15.5 Å². The molecule has 1 aromatic rings. The Morgan fingerprint density at radius 1 is 1.03 bits per heavy atom. The maximum Gasteiger partial charge on any atom is 0.503 e. The summed E-state index contributed by atoms with van der Waals surface area (Å²) in [6.07, 6.45) is 11.1. The Balaban J connectivity index is 0.000000531. The van der Waals surface area contributed by atoms with Crippen molar-refractivity contribution in [3.8, 4) is 0 Å². The normalized spacial score (nSPS) is 37.8. The third-order valence-corrected chi connectivity index (χ3v) is 8.48. The van der Waals surface area contributed by atoms with E-state index in [0.29, 0.717) is 5.41 Å². The van der Waals surface area contributed by atoms with Crippen molar-refractivity contribution >= 4 is 12.2 Å². The zero-order valence-corrected chi connectivity index (χ0v) is 18.8. The molecule has 0 radical (unpaired) electrons. The molecule has 178 valence electrons. The molecule has 5 saturated carbocycles. The lowest BCUT2D eigenvalue weighted by molar-refractivity contribution is -0.0504. The lowest BCUT2D eigenvalue weighted by Gasteiger charge is -2.57. The van der Waals surface area contributed by atoms with Crippen molar-refractivity contribution in [2.24, 2.45) is 33.5 Å². The number of hydrogen-bond donors (Lipinski definition) is 3. The van der Waals surface area contributed by atoms with Gasteiger partial charge in [0.25, 0.3) is 0 Å². The zero-order chi connectivity index (χ0) is 23.0. The molecule has 7 aliphatic rings. The number of nitrogens with one attached hydrogen (secondary N) is 1. The molecule has 6 bridgehead atoms. The van der Waals surface area contributed by atoms with Crippen LogP contribution in [0.1, 0.15) is 69.4 Å². The molecule has 3 N–H and O–H groups in total. The standard InChI is InChI=1S/C23H31N5O.CH2O3/c29-22(25-14-23-11-15-7-16(12-23)9-17(8-15)13-23)28-18-4-5-21(26-27-28)19(10-18)20-3-1-2-6-24-20;2-1(3)4/h1-3,6,15-19,21H,4-5,7-14H2,(H,25,29);(H2,2,3,4)/t15?,16?,17?,18?,19-,21-,23?;/m0./s1. The number of hydrogen-bond acceptors (Lipinski definition) is 5. The molecule has 5 fully saturated rings. The highest BCUT2D eigenvalue weighted by Gasteiger charge is 2.51. The quantitative estimate of drug-likeness (QED) is 0.596. The summed E-state index contributed by atoms with van der Waals surface area (Å²) in [4.78, 5) is 26.2. The predicted octanol–water partition coefficient (Wildman–Crippen LogP) is 4.92. The second-order valence-corrected chi connectivity index (χ2v) is 10.8. The Hall–Kier alpha value is -2.71. The number of rotatable bonds is 3. The summed E-state index contributed by atoms with van der Waals surface area (Å²) in [7, 11) is 0. The Bertz CT molecular complexity index is 868. The second kappa shape index (κ2) is 8.91. The van der Waals surface area contributed by atoms with Crippen LogP contribution in [-0.2, 0) is 0 Å². The van der Waals surface area contributed by atoms with E-state index in [1.807, 2.05) is 18.3 Å². The van der Waals surface area contributed by atoms with Crippen LogP contribution >= 0.6 is 0 Å². The highest BCUT2D eigenvalue weighted by molar-refractivity contribution is 5.74. The average molecular weight is 456 g/mol. The molecule has 3 heterocycles. The molecule has 33 heavy (non-hydrogen) atoms. The van der Waals surface area contributed by atoms with Crippen LogP contribution in [-0.4, -0.2) is 51.0 Å². The lowest BCUT2D eigenvalue weighted by Crippen LogP contribution is -2.53. The monoisotopic (exact) mass is 455 g/mol.